The summed E-state index contributed by atoms with van der Waals surface area (Å²) < 4.78 is 16.1. The van der Waals surface area contributed by atoms with Gasteiger partial charge in [-0.2, -0.15) is 9.49 Å². The molecule has 3 aromatic rings. The van der Waals surface area contributed by atoms with E-state index in [4.69, 9.17) is 0 Å². The van der Waals surface area contributed by atoms with Crippen LogP contribution >= 0.6 is 0 Å². The van der Waals surface area contributed by atoms with Crippen LogP contribution in [0.3, 0.4) is 0 Å². The zero-order valence-corrected chi connectivity index (χ0v) is 16.1. The Kier molecular flexibility index (Phi) is 4.11. The fourth-order valence-corrected chi connectivity index (χ4v) is 4.15. The minimum atomic E-state index is -0.658. The van der Waals surface area contributed by atoms with Gasteiger partial charge >= 0.3 is 0 Å². The lowest BCUT2D eigenvalue weighted by Gasteiger charge is -2.26. The molecule has 0 unspecified atom stereocenters. The molecule has 150 valence electrons. The normalized spacial score (nSPS) is 16.5. The summed E-state index contributed by atoms with van der Waals surface area (Å²) in [5, 5.41) is 7.13. The molecule has 5 heterocycles. The number of H-pyrrole nitrogens is 1. The molecule has 3 aromatic heterocycles. The van der Waals surface area contributed by atoms with E-state index in [-0.39, 0.29) is 18.1 Å². The van der Waals surface area contributed by atoms with Crippen LogP contribution < -0.4 is 0 Å². The molecule has 0 saturated carbocycles. The lowest BCUT2D eigenvalue weighted by atomic mass is 10.0. The van der Waals surface area contributed by atoms with Gasteiger partial charge in [-0.05, 0) is 37.8 Å². The van der Waals surface area contributed by atoms with Crippen molar-refractivity contribution < 1.29 is 14.0 Å². The van der Waals surface area contributed by atoms with Gasteiger partial charge in [-0.15, -0.1) is 0 Å². The monoisotopic (exact) mass is 396 g/mol. The van der Waals surface area contributed by atoms with Crippen LogP contribution in [0, 0.1) is 12.9 Å². The summed E-state index contributed by atoms with van der Waals surface area (Å²) in [7, 11) is 0. The number of carbonyl (C=O) groups is 2. The summed E-state index contributed by atoms with van der Waals surface area (Å²) in [5.41, 5.74) is 3.12. The predicted octanol–water partition coefficient (Wildman–Crippen LogP) is 1.94. The number of fused-ring (bicyclic) bond motifs is 2. The highest BCUT2D eigenvalue weighted by Gasteiger charge is 2.32. The smallest absolute Gasteiger partial charge is 0.277 e. The van der Waals surface area contributed by atoms with Crippen LogP contribution in [-0.4, -0.2) is 60.8 Å². The molecule has 0 aliphatic carbocycles. The number of aromatic amines is 1. The Hall–Kier alpha value is -3.23. The number of aryl methyl sites for hydroxylation is 1. The topological polar surface area (TPSA) is 86.6 Å². The van der Waals surface area contributed by atoms with Crippen LogP contribution in [-0.2, 0) is 13.0 Å². The maximum absolute atomic E-state index is 14.8. The van der Waals surface area contributed by atoms with E-state index in [9.17, 15) is 14.0 Å². The molecule has 8 nitrogen and oxygen atoms in total. The molecule has 0 spiro atoms. The van der Waals surface area contributed by atoms with Gasteiger partial charge in [-0.3, -0.25) is 19.1 Å². The molecule has 0 bridgehead atoms. The number of nitrogens with one attached hydrogen (secondary N) is 1. The van der Waals surface area contributed by atoms with Crippen LogP contribution in [0.25, 0.3) is 5.65 Å². The maximum atomic E-state index is 14.8. The number of aromatic nitrogens is 4. The zero-order valence-electron chi connectivity index (χ0n) is 16.1. The Bertz CT molecular complexity index is 1130. The van der Waals surface area contributed by atoms with Gasteiger partial charge < -0.3 is 9.80 Å². The summed E-state index contributed by atoms with van der Waals surface area (Å²) >= 11 is 0. The molecular formula is C20H21FN6O2. The molecule has 1 fully saturated rings. The van der Waals surface area contributed by atoms with E-state index in [1.165, 1.54) is 4.40 Å². The predicted molar refractivity (Wildman–Crippen MR) is 102 cm³/mol. The third-order valence-corrected chi connectivity index (χ3v) is 5.73. The third-order valence-electron chi connectivity index (χ3n) is 5.73. The van der Waals surface area contributed by atoms with E-state index >= 15 is 0 Å². The number of carbonyl (C=O) groups excluding carboxylic acids is 2. The molecule has 1 saturated heterocycles. The van der Waals surface area contributed by atoms with Crippen LogP contribution in [0.2, 0.25) is 0 Å². The van der Waals surface area contributed by atoms with Gasteiger partial charge in [-0.25, -0.2) is 4.98 Å². The third kappa shape index (κ3) is 2.88. The van der Waals surface area contributed by atoms with Gasteiger partial charge in [0.25, 0.3) is 11.8 Å². The molecular weight excluding hydrogens is 375 g/mol. The summed E-state index contributed by atoms with van der Waals surface area (Å²) in [5.74, 6) is -1.17. The number of hydrogen-bond acceptors (Lipinski definition) is 4. The first-order valence-corrected chi connectivity index (χ1v) is 9.82. The van der Waals surface area contributed by atoms with Gasteiger partial charge in [0.15, 0.2) is 11.4 Å². The molecule has 9 heteroatoms. The van der Waals surface area contributed by atoms with Gasteiger partial charge in [-0.1, -0.05) is 6.07 Å². The van der Waals surface area contributed by atoms with E-state index < -0.39 is 11.9 Å². The lowest BCUT2D eigenvalue weighted by molar-refractivity contribution is 0.0721. The first kappa shape index (κ1) is 17.8. The Morgan fingerprint density at radius 1 is 1.07 bits per heavy atom. The standard InChI is InChI=1S/C20H21FN6O2/c1-12-4-5-15-22-17(18(21)27(15)10-12)20(29)26-9-6-13-14(11-26)23-24-16(13)19(28)25-7-2-3-8-25/h4-5,10H,2-3,6-9,11H2,1H3,(H,23,24). The van der Waals surface area contributed by atoms with E-state index in [0.717, 1.165) is 42.8 Å². The maximum Gasteiger partial charge on any atom is 0.277 e. The van der Waals surface area contributed by atoms with Gasteiger partial charge in [0.1, 0.15) is 5.65 Å². The second kappa shape index (κ2) is 6.68. The first-order valence-electron chi connectivity index (χ1n) is 9.82. The zero-order chi connectivity index (χ0) is 20.1. The van der Waals surface area contributed by atoms with Crippen molar-refractivity contribution in [2.45, 2.75) is 32.7 Å². The minimum absolute atomic E-state index is 0.0541. The second-order valence-corrected chi connectivity index (χ2v) is 7.69. The minimum Gasteiger partial charge on any atom is -0.337 e. The van der Waals surface area contributed by atoms with Crippen molar-refractivity contribution in [3.8, 4) is 0 Å². The van der Waals surface area contributed by atoms with E-state index in [1.54, 1.807) is 17.2 Å². The van der Waals surface area contributed by atoms with Crippen molar-refractivity contribution >= 4 is 17.5 Å². The average Bonchev–Trinajstić information content (AvgIpc) is 3.46. The van der Waals surface area contributed by atoms with Crippen molar-refractivity contribution in [3.05, 3.63) is 52.5 Å². The number of hydrogen-bond donors (Lipinski definition) is 1. The largest absolute Gasteiger partial charge is 0.337 e. The highest BCUT2D eigenvalue weighted by Crippen LogP contribution is 2.24. The van der Waals surface area contributed by atoms with E-state index in [0.29, 0.717) is 24.3 Å². The Labute approximate surface area is 166 Å². The van der Waals surface area contributed by atoms with Gasteiger partial charge in [0.2, 0.25) is 5.95 Å². The van der Waals surface area contributed by atoms with Gasteiger partial charge in [0.05, 0.1) is 12.2 Å². The Balaban J connectivity index is 1.39. The summed E-state index contributed by atoms with van der Waals surface area (Å²) in [6.07, 6.45) is 4.16. The SMILES string of the molecule is Cc1ccc2nc(C(=O)N3CCc4c(C(=O)N5CCCC5)n[nH]c4C3)c(F)n2c1. The van der Waals surface area contributed by atoms with E-state index in [1.807, 2.05) is 17.9 Å². The molecule has 0 atom stereocenters. The first-order chi connectivity index (χ1) is 14.0. The van der Waals surface area contributed by atoms with Crippen molar-refractivity contribution in [1.29, 1.82) is 0 Å². The fourth-order valence-electron chi connectivity index (χ4n) is 4.15. The van der Waals surface area contributed by atoms with Crippen molar-refractivity contribution in [3.63, 3.8) is 0 Å². The van der Waals surface area contributed by atoms with E-state index in [2.05, 4.69) is 15.2 Å². The van der Waals surface area contributed by atoms with Crippen molar-refractivity contribution in [2.24, 2.45) is 0 Å². The number of amides is 2. The molecule has 0 aromatic carbocycles. The number of likely N-dealkylation sites (tertiary alicyclic amines) is 1. The number of rotatable bonds is 2. The number of nitrogens with zero attached hydrogens (tertiary/aromatic N) is 5. The van der Waals surface area contributed by atoms with Crippen molar-refractivity contribution in [2.75, 3.05) is 19.6 Å². The Morgan fingerprint density at radius 2 is 1.83 bits per heavy atom. The molecule has 1 N–H and O–H groups in total. The molecule has 5 rings (SSSR count). The molecule has 2 amide bonds. The van der Waals surface area contributed by atoms with Crippen molar-refractivity contribution in [1.82, 2.24) is 29.4 Å². The van der Waals surface area contributed by atoms with Crippen LogP contribution in [0.5, 0.6) is 0 Å². The summed E-state index contributed by atoms with van der Waals surface area (Å²) in [6, 6.07) is 3.52. The molecule has 0 radical (unpaired) electrons. The summed E-state index contributed by atoms with van der Waals surface area (Å²) in [4.78, 5) is 33.2. The fraction of sp³-hybridized carbons (Fsp3) is 0.400. The summed E-state index contributed by atoms with van der Waals surface area (Å²) in [6.45, 7) is 4.01. The van der Waals surface area contributed by atoms with Crippen LogP contribution in [0.4, 0.5) is 4.39 Å². The molecule has 29 heavy (non-hydrogen) atoms. The quantitative estimate of drug-likeness (QED) is 0.717. The van der Waals surface area contributed by atoms with Crippen LogP contribution in [0.1, 0.15) is 50.6 Å². The second-order valence-electron chi connectivity index (χ2n) is 7.69. The molecule has 2 aliphatic rings. The number of imidazole rings is 1. The number of pyridine rings is 1. The highest BCUT2D eigenvalue weighted by atomic mass is 19.1. The lowest BCUT2D eigenvalue weighted by Crippen LogP contribution is -2.37. The molecule has 2 aliphatic heterocycles. The van der Waals surface area contributed by atoms with Crippen LogP contribution in [0.15, 0.2) is 18.3 Å². The highest BCUT2D eigenvalue weighted by molar-refractivity contribution is 5.95. The Morgan fingerprint density at radius 3 is 2.62 bits per heavy atom. The average molecular weight is 396 g/mol. The number of halogens is 1. The van der Waals surface area contributed by atoms with Gasteiger partial charge in [0, 0.05) is 31.4 Å².